The Hall–Kier alpha value is -1.02. The average Bonchev–Trinajstić information content (AvgIpc) is 2.53. The van der Waals surface area contributed by atoms with E-state index in [4.69, 9.17) is 4.74 Å². The molecule has 1 N–H and O–H groups in total. The number of aryl methyl sites for hydroxylation is 1. The number of benzene rings is 1. The molecule has 0 aromatic heterocycles. The van der Waals surface area contributed by atoms with Crippen LogP contribution in [0.25, 0.3) is 0 Å². The quantitative estimate of drug-likeness (QED) is 0.806. The Morgan fingerprint density at radius 3 is 2.45 bits per heavy atom. The van der Waals surface area contributed by atoms with Gasteiger partial charge in [-0.25, -0.2) is 0 Å². The zero-order valence-corrected chi connectivity index (χ0v) is 13.0. The molecule has 2 nitrogen and oxygen atoms in total. The summed E-state index contributed by atoms with van der Waals surface area (Å²) in [5, 5.41) is 3.72. The number of ether oxygens (including phenoxy) is 1. The normalized spacial score (nSPS) is 17.9. The summed E-state index contributed by atoms with van der Waals surface area (Å²) in [6.45, 7) is 3.31. The lowest BCUT2D eigenvalue weighted by atomic mass is 9.82. The summed E-state index contributed by atoms with van der Waals surface area (Å²) in [5.74, 6) is 1.84. The summed E-state index contributed by atoms with van der Waals surface area (Å²) < 4.78 is 5.22. The lowest BCUT2D eigenvalue weighted by Crippen LogP contribution is -2.37. The molecule has 1 fully saturated rings. The largest absolute Gasteiger partial charge is 0.497 e. The van der Waals surface area contributed by atoms with Crippen LogP contribution in [0.15, 0.2) is 24.3 Å². The molecule has 112 valence electrons. The van der Waals surface area contributed by atoms with E-state index >= 15 is 0 Å². The number of methoxy groups -OCH3 is 1. The molecular weight excluding hydrogens is 246 g/mol. The zero-order valence-electron chi connectivity index (χ0n) is 13.0. The van der Waals surface area contributed by atoms with Gasteiger partial charge in [0.05, 0.1) is 7.11 Å². The van der Waals surface area contributed by atoms with Crippen molar-refractivity contribution in [2.24, 2.45) is 5.92 Å². The van der Waals surface area contributed by atoms with Gasteiger partial charge in [-0.05, 0) is 55.8 Å². The molecule has 1 aliphatic rings. The Kier molecular flexibility index (Phi) is 6.38. The van der Waals surface area contributed by atoms with Crippen molar-refractivity contribution in [3.05, 3.63) is 29.8 Å². The standard InChI is InChI=1S/C18H29NO/c1-3-19-18(16-7-5-4-6-8-16)14-11-15-9-12-17(20-2)13-10-15/h9-10,12-13,16,18-19H,3-8,11,14H2,1-2H3. The SMILES string of the molecule is CCNC(CCc1ccc(OC)cc1)C1CCCCC1. The minimum absolute atomic E-state index is 0.697. The van der Waals surface area contributed by atoms with Crippen molar-refractivity contribution in [2.75, 3.05) is 13.7 Å². The molecule has 1 aromatic carbocycles. The van der Waals surface area contributed by atoms with Crippen LogP contribution in [0, 0.1) is 5.92 Å². The van der Waals surface area contributed by atoms with E-state index in [0.29, 0.717) is 6.04 Å². The fourth-order valence-electron chi connectivity index (χ4n) is 3.42. The first-order chi connectivity index (χ1) is 9.83. The summed E-state index contributed by atoms with van der Waals surface area (Å²) in [4.78, 5) is 0. The molecule has 0 radical (unpaired) electrons. The maximum atomic E-state index is 5.22. The van der Waals surface area contributed by atoms with Gasteiger partial charge in [0.25, 0.3) is 0 Å². The lowest BCUT2D eigenvalue weighted by molar-refractivity contribution is 0.261. The number of hydrogen-bond acceptors (Lipinski definition) is 2. The van der Waals surface area contributed by atoms with Gasteiger partial charge in [0, 0.05) is 6.04 Å². The summed E-state index contributed by atoms with van der Waals surface area (Å²) in [7, 11) is 1.72. The maximum Gasteiger partial charge on any atom is 0.118 e. The van der Waals surface area contributed by atoms with Crippen molar-refractivity contribution in [3.8, 4) is 5.75 Å². The highest BCUT2D eigenvalue weighted by Crippen LogP contribution is 2.28. The van der Waals surface area contributed by atoms with Crippen LogP contribution < -0.4 is 10.1 Å². The highest BCUT2D eigenvalue weighted by molar-refractivity contribution is 5.27. The number of rotatable bonds is 7. The minimum atomic E-state index is 0.697. The Bertz CT molecular complexity index is 368. The molecule has 1 atom stereocenters. The molecule has 1 aliphatic carbocycles. The molecule has 2 rings (SSSR count). The fraction of sp³-hybridized carbons (Fsp3) is 0.667. The lowest BCUT2D eigenvalue weighted by Gasteiger charge is -2.31. The zero-order chi connectivity index (χ0) is 14.2. The molecule has 1 unspecified atom stereocenters. The van der Waals surface area contributed by atoms with Gasteiger partial charge in [0.1, 0.15) is 5.75 Å². The highest BCUT2D eigenvalue weighted by Gasteiger charge is 2.22. The molecule has 2 heteroatoms. The Balaban J connectivity index is 1.86. The predicted molar refractivity (Wildman–Crippen MR) is 85.4 cm³/mol. The molecule has 20 heavy (non-hydrogen) atoms. The third kappa shape index (κ3) is 4.52. The summed E-state index contributed by atoms with van der Waals surface area (Å²) in [6, 6.07) is 9.23. The molecule has 1 aromatic rings. The van der Waals surface area contributed by atoms with Crippen molar-refractivity contribution in [1.29, 1.82) is 0 Å². The van der Waals surface area contributed by atoms with Crippen molar-refractivity contribution < 1.29 is 4.74 Å². The first kappa shape index (κ1) is 15.4. The van der Waals surface area contributed by atoms with E-state index in [0.717, 1.165) is 24.6 Å². The van der Waals surface area contributed by atoms with Crippen LogP contribution in [0.4, 0.5) is 0 Å². The van der Waals surface area contributed by atoms with Gasteiger partial charge in [-0.1, -0.05) is 38.3 Å². The van der Waals surface area contributed by atoms with E-state index in [1.54, 1.807) is 7.11 Å². The van der Waals surface area contributed by atoms with Gasteiger partial charge < -0.3 is 10.1 Å². The van der Waals surface area contributed by atoms with Crippen molar-refractivity contribution in [3.63, 3.8) is 0 Å². The van der Waals surface area contributed by atoms with E-state index in [2.05, 4.69) is 36.5 Å². The first-order valence-electron chi connectivity index (χ1n) is 8.19. The molecule has 0 amide bonds. The highest BCUT2D eigenvalue weighted by atomic mass is 16.5. The Labute approximate surface area is 123 Å². The fourth-order valence-corrected chi connectivity index (χ4v) is 3.42. The van der Waals surface area contributed by atoms with E-state index in [1.165, 1.54) is 44.1 Å². The number of nitrogens with one attached hydrogen (secondary N) is 1. The van der Waals surface area contributed by atoms with Crippen LogP contribution in [0.5, 0.6) is 5.75 Å². The topological polar surface area (TPSA) is 21.3 Å². The third-order valence-electron chi connectivity index (χ3n) is 4.59. The summed E-state index contributed by atoms with van der Waals surface area (Å²) >= 11 is 0. The Morgan fingerprint density at radius 2 is 1.85 bits per heavy atom. The Morgan fingerprint density at radius 1 is 1.15 bits per heavy atom. The molecule has 0 heterocycles. The van der Waals surface area contributed by atoms with E-state index in [-0.39, 0.29) is 0 Å². The van der Waals surface area contributed by atoms with Gasteiger partial charge in [-0.15, -0.1) is 0 Å². The van der Waals surface area contributed by atoms with Crippen molar-refractivity contribution in [1.82, 2.24) is 5.32 Å². The monoisotopic (exact) mass is 275 g/mol. The molecule has 1 saturated carbocycles. The van der Waals surface area contributed by atoms with E-state index in [9.17, 15) is 0 Å². The maximum absolute atomic E-state index is 5.22. The van der Waals surface area contributed by atoms with Gasteiger partial charge >= 0.3 is 0 Å². The van der Waals surface area contributed by atoms with Crippen LogP contribution in [0.3, 0.4) is 0 Å². The van der Waals surface area contributed by atoms with Gasteiger partial charge in [-0.3, -0.25) is 0 Å². The average molecular weight is 275 g/mol. The van der Waals surface area contributed by atoms with Crippen molar-refractivity contribution >= 4 is 0 Å². The second-order valence-corrected chi connectivity index (χ2v) is 5.95. The summed E-state index contributed by atoms with van der Waals surface area (Å²) in [6.07, 6.45) is 9.54. The molecule has 0 spiro atoms. The molecular formula is C18H29NO. The van der Waals surface area contributed by atoms with Crippen LogP contribution in [-0.2, 0) is 6.42 Å². The second-order valence-electron chi connectivity index (χ2n) is 5.95. The molecule has 0 aliphatic heterocycles. The third-order valence-corrected chi connectivity index (χ3v) is 4.59. The molecule has 0 bridgehead atoms. The van der Waals surface area contributed by atoms with Crippen LogP contribution in [0.1, 0.15) is 51.0 Å². The van der Waals surface area contributed by atoms with Gasteiger partial charge in [-0.2, -0.15) is 0 Å². The van der Waals surface area contributed by atoms with Gasteiger partial charge in [0.15, 0.2) is 0 Å². The van der Waals surface area contributed by atoms with Gasteiger partial charge in [0.2, 0.25) is 0 Å². The number of hydrogen-bond donors (Lipinski definition) is 1. The predicted octanol–water partition coefficient (Wildman–Crippen LogP) is 4.19. The second kappa shape index (κ2) is 8.31. The van der Waals surface area contributed by atoms with E-state index in [1.807, 2.05) is 0 Å². The minimum Gasteiger partial charge on any atom is -0.497 e. The first-order valence-corrected chi connectivity index (χ1v) is 8.19. The van der Waals surface area contributed by atoms with Crippen LogP contribution in [-0.4, -0.2) is 19.7 Å². The van der Waals surface area contributed by atoms with Crippen molar-refractivity contribution in [2.45, 2.75) is 57.9 Å². The van der Waals surface area contributed by atoms with Crippen LogP contribution >= 0.6 is 0 Å². The summed E-state index contributed by atoms with van der Waals surface area (Å²) in [5.41, 5.74) is 1.42. The molecule has 0 saturated heterocycles. The van der Waals surface area contributed by atoms with Crippen LogP contribution in [0.2, 0.25) is 0 Å². The smallest absolute Gasteiger partial charge is 0.118 e. The van der Waals surface area contributed by atoms with E-state index < -0.39 is 0 Å².